The lowest BCUT2D eigenvalue weighted by atomic mass is 10.6. The highest BCUT2D eigenvalue weighted by atomic mass is 32.2. The molecule has 9 heteroatoms. The number of hydrogen-bond acceptors (Lipinski definition) is 7. The first-order chi connectivity index (χ1) is 9.31. The zero-order chi connectivity index (χ0) is 13.1. The molecule has 0 bridgehead atoms. The number of nitrogens with one attached hydrogen (secondary N) is 1. The minimum atomic E-state index is 0.715. The fraction of sp³-hybridized carbons (Fsp3) is 0.700. The molecule has 0 radical (unpaired) electrons. The van der Waals surface area contributed by atoms with Gasteiger partial charge < -0.3 is 5.32 Å². The topological polar surface area (TPSA) is 86.3 Å². The van der Waals surface area contributed by atoms with Gasteiger partial charge >= 0.3 is 0 Å². The maximum atomic E-state index is 4.04. The average Bonchev–Trinajstić information content (AvgIpc) is 2.95. The van der Waals surface area contributed by atoms with E-state index in [0.29, 0.717) is 6.04 Å². The number of tetrazole rings is 1. The average molecular weight is 280 g/mol. The van der Waals surface area contributed by atoms with Gasteiger partial charge in [0.1, 0.15) is 0 Å². The second kappa shape index (κ2) is 5.66. The van der Waals surface area contributed by atoms with Crippen LogP contribution >= 0.6 is 11.8 Å². The molecule has 0 spiro atoms. The fourth-order valence-electron chi connectivity index (χ4n) is 1.70. The molecule has 1 fully saturated rings. The summed E-state index contributed by atoms with van der Waals surface area (Å²) >= 11 is 1.58. The Balaban J connectivity index is 1.50. The van der Waals surface area contributed by atoms with Crippen LogP contribution in [0.2, 0.25) is 0 Å². The quantitative estimate of drug-likeness (QED) is 0.705. The van der Waals surface area contributed by atoms with Crippen molar-refractivity contribution in [1.82, 2.24) is 40.5 Å². The molecule has 0 unspecified atom stereocenters. The van der Waals surface area contributed by atoms with Gasteiger partial charge in [-0.2, -0.15) is 0 Å². The molecule has 2 heterocycles. The van der Waals surface area contributed by atoms with Gasteiger partial charge in [0, 0.05) is 31.6 Å². The van der Waals surface area contributed by atoms with Crippen molar-refractivity contribution in [2.45, 2.75) is 36.3 Å². The summed E-state index contributed by atoms with van der Waals surface area (Å²) in [7, 11) is 1.86. The number of thioether (sulfide) groups is 1. The molecule has 0 atom stereocenters. The van der Waals surface area contributed by atoms with Crippen LogP contribution in [0.25, 0.3) is 0 Å². The van der Waals surface area contributed by atoms with Crippen molar-refractivity contribution in [1.29, 1.82) is 0 Å². The summed E-state index contributed by atoms with van der Waals surface area (Å²) in [6.45, 7) is 1.71. The summed E-state index contributed by atoms with van der Waals surface area (Å²) in [4.78, 5) is 0. The molecule has 0 saturated heterocycles. The predicted molar refractivity (Wildman–Crippen MR) is 69.4 cm³/mol. The van der Waals surface area contributed by atoms with Gasteiger partial charge in [-0.05, 0) is 23.3 Å². The highest BCUT2D eigenvalue weighted by molar-refractivity contribution is 7.98. The molecule has 1 N–H and O–H groups in total. The van der Waals surface area contributed by atoms with Crippen LogP contribution in [-0.2, 0) is 19.3 Å². The minimum absolute atomic E-state index is 0.715. The maximum absolute atomic E-state index is 4.04. The maximum Gasteiger partial charge on any atom is 0.209 e. The largest absolute Gasteiger partial charge is 0.312 e. The number of aromatic nitrogens is 7. The van der Waals surface area contributed by atoms with E-state index in [2.05, 4.69) is 31.2 Å². The van der Waals surface area contributed by atoms with Crippen LogP contribution in [0, 0.1) is 0 Å². The van der Waals surface area contributed by atoms with Crippen molar-refractivity contribution in [2.24, 2.45) is 7.05 Å². The van der Waals surface area contributed by atoms with E-state index < -0.39 is 0 Å². The van der Waals surface area contributed by atoms with Crippen molar-refractivity contribution in [3.8, 4) is 0 Å². The summed E-state index contributed by atoms with van der Waals surface area (Å²) in [6.07, 6.45) is 4.49. The van der Waals surface area contributed by atoms with Crippen LogP contribution in [0.1, 0.15) is 18.5 Å². The zero-order valence-electron chi connectivity index (χ0n) is 10.7. The van der Waals surface area contributed by atoms with E-state index in [1.54, 1.807) is 16.4 Å². The van der Waals surface area contributed by atoms with Gasteiger partial charge in [-0.1, -0.05) is 17.0 Å². The lowest BCUT2D eigenvalue weighted by molar-refractivity contribution is 0.509. The molecule has 1 aliphatic rings. The molecule has 0 aliphatic heterocycles. The van der Waals surface area contributed by atoms with Gasteiger partial charge in [0.2, 0.25) is 5.16 Å². The predicted octanol–water partition coefficient (Wildman–Crippen LogP) is -0.154. The van der Waals surface area contributed by atoms with Gasteiger partial charge in [-0.3, -0.25) is 4.68 Å². The van der Waals surface area contributed by atoms with Crippen LogP contribution in [0.3, 0.4) is 0 Å². The second-order valence-corrected chi connectivity index (χ2v) is 5.53. The molecule has 3 rings (SSSR count). The standard InChI is InChI=1S/C10H16N8S/c1-17-6-9(12-15-17)7-19-10-13-14-16-18(10)5-4-11-8-2-3-8/h6,8,11H,2-5,7H2,1H3. The third-order valence-corrected chi connectivity index (χ3v) is 3.82. The number of rotatable bonds is 7. The molecule has 2 aromatic rings. The molecule has 8 nitrogen and oxygen atoms in total. The van der Waals surface area contributed by atoms with Gasteiger partial charge in [0.05, 0.1) is 12.2 Å². The monoisotopic (exact) mass is 280 g/mol. The first-order valence-corrected chi connectivity index (χ1v) is 7.27. The number of nitrogens with zero attached hydrogens (tertiary/aromatic N) is 7. The van der Waals surface area contributed by atoms with Crippen LogP contribution in [-0.4, -0.2) is 47.8 Å². The van der Waals surface area contributed by atoms with E-state index in [-0.39, 0.29) is 0 Å². The highest BCUT2D eigenvalue weighted by Gasteiger charge is 2.20. The summed E-state index contributed by atoms with van der Waals surface area (Å²) in [5, 5.41) is 24.0. The van der Waals surface area contributed by atoms with E-state index in [1.807, 2.05) is 17.9 Å². The van der Waals surface area contributed by atoms with Crippen LogP contribution in [0.15, 0.2) is 11.4 Å². The Labute approximate surface area is 114 Å². The van der Waals surface area contributed by atoms with Crippen LogP contribution in [0.4, 0.5) is 0 Å². The molecule has 1 saturated carbocycles. The lowest BCUT2D eigenvalue weighted by Crippen LogP contribution is -2.22. The van der Waals surface area contributed by atoms with E-state index in [1.165, 1.54) is 12.8 Å². The fourth-order valence-corrected chi connectivity index (χ4v) is 2.48. The Morgan fingerprint density at radius 1 is 1.37 bits per heavy atom. The van der Waals surface area contributed by atoms with Crippen molar-refractivity contribution >= 4 is 11.8 Å². The van der Waals surface area contributed by atoms with Crippen molar-refractivity contribution < 1.29 is 0 Å². The van der Waals surface area contributed by atoms with E-state index in [4.69, 9.17) is 0 Å². The van der Waals surface area contributed by atoms with Crippen LogP contribution in [0.5, 0.6) is 0 Å². The lowest BCUT2D eigenvalue weighted by Gasteiger charge is -2.04. The zero-order valence-corrected chi connectivity index (χ0v) is 11.5. The molecule has 19 heavy (non-hydrogen) atoms. The molecule has 0 aromatic carbocycles. The van der Waals surface area contributed by atoms with Gasteiger partial charge in [0.25, 0.3) is 0 Å². The minimum Gasteiger partial charge on any atom is -0.312 e. The van der Waals surface area contributed by atoms with Crippen molar-refractivity contribution in [3.63, 3.8) is 0 Å². The van der Waals surface area contributed by atoms with Crippen molar-refractivity contribution in [2.75, 3.05) is 6.54 Å². The summed E-state index contributed by atoms with van der Waals surface area (Å²) < 4.78 is 3.52. The highest BCUT2D eigenvalue weighted by Crippen LogP contribution is 2.19. The second-order valence-electron chi connectivity index (χ2n) is 4.59. The van der Waals surface area contributed by atoms with Gasteiger partial charge in [-0.15, -0.1) is 10.2 Å². The van der Waals surface area contributed by atoms with E-state index >= 15 is 0 Å². The first kappa shape index (κ1) is 12.5. The SMILES string of the molecule is Cn1cc(CSc2nnnn2CCNC2CC2)nn1. The van der Waals surface area contributed by atoms with E-state index in [0.717, 1.165) is 29.7 Å². The molecular weight excluding hydrogens is 264 g/mol. The molecule has 102 valence electrons. The number of aryl methyl sites for hydroxylation is 1. The Hall–Kier alpha value is -1.48. The molecule has 0 amide bonds. The normalized spacial score (nSPS) is 15.0. The van der Waals surface area contributed by atoms with Gasteiger partial charge in [-0.25, -0.2) is 4.68 Å². The third-order valence-electron chi connectivity index (χ3n) is 2.83. The molecule has 1 aliphatic carbocycles. The first-order valence-electron chi connectivity index (χ1n) is 6.29. The van der Waals surface area contributed by atoms with Crippen LogP contribution < -0.4 is 5.32 Å². The molecule has 2 aromatic heterocycles. The van der Waals surface area contributed by atoms with E-state index in [9.17, 15) is 0 Å². The Morgan fingerprint density at radius 3 is 3.00 bits per heavy atom. The smallest absolute Gasteiger partial charge is 0.209 e. The molecular formula is C10H16N8S. The Kier molecular flexibility index (Phi) is 3.74. The number of hydrogen-bond donors (Lipinski definition) is 1. The Morgan fingerprint density at radius 2 is 2.26 bits per heavy atom. The van der Waals surface area contributed by atoms with Gasteiger partial charge in [0.15, 0.2) is 0 Å². The summed E-state index contributed by atoms with van der Waals surface area (Å²) in [5.41, 5.74) is 0.929. The van der Waals surface area contributed by atoms with Crippen molar-refractivity contribution in [3.05, 3.63) is 11.9 Å². The summed E-state index contributed by atoms with van der Waals surface area (Å²) in [5.74, 6) is 0.726. The third kappa shape index (κ3) is 3.51. The Bertz CT molecular complexity index is 531. The summed E-state index contributed by atoms with van der Waals surface area (Å²) in [6, 6.07) is 0.715.